The summed E-state index contributed by atoms with van der Waals surface area (Å²) in [5.41, 5.74) is 1.17. The van der Waals surface area contributed by atoms with Crippen molar-refractivity contribution in [1.29, 1.82) is 0 Å². The topological polar surface area (TPSA) is 38.1 Å². The van der Waals surface area contributed by atoms with E-state index in [1.54, 1.807) is 6.20 Å². The first-order valence-electron chi connectivity index (χ1n) is 5.06. The molecule has 0 atom stereocenters. The second-order valence-corrected chi connectivity index (χ2v) is 4.57. The van der Waals surface area contributed by atoms with E-state index in [4.69, 9.17) is 4.42 Å². The van der Waals surface area contributed by atoms with Crippen LogP contribution in [0.4, 0.5) is 5.82 Å². The van der Waals surface area contributed by atoms with E-state index in [2.05, 4.69) is 26.2 Å². The molecular weight excluding hydrogens is 268 g/mol. The first-order valence-corrected chi connectivity index (χ1v) is 5.86. The van der Waals surface area contributed by atoms with Gasteiger partial charge in [0.1, 0.15) is 17.3 Å². The molecule has 2 aromatic heterocycles. The van der Waals surface area contributed by atoms with Gasteiger partial charge in [-0.05, 0) is 48.0 Å². The van der Waals surface area contributed by atoms with Crippen LogP contribution < -0.4 is 5.32 Å². The molecule has 0 aliphatic heterocycles. The Balaban J connectivity index is 2.02. The van der Waals surface area contributed by atoms with Gasteiger partial charge in [-0.25, -0.2) is 4.98 Å². The first kappa shape index (κ1) is 11.2. The Morgan fingerprint density at radius 3 is 2.75 bits per heavy atom. The van der Waals surface area contributed by atoms with Crippen molar-refractivity contribution in [3.8, 4) is 0 Å². The Morgan fingerprint density at radius 2 is 2.19 bits per heavy atom. The highest BCUT2D eigenvalue weighted by Crippen LogP contribution is 2.16. The molecule has 16 heavy (non-hydrogen) atoms. The molecule has 0 saturated heterocycles. The monoisotopic (exact) mass is 280 g/mol. The summed E-state index contributed by atoms with van der Waals surface area (Å²) in [4.78, 5) is 4.24. The number of hydrogen-bond donors (Lipinski definition) is 1. The van der Waals surface area contributed by atoms with Crippen molar-refractivity contribution in [3.63, 3.8) is 0 Å². The lowest BCUT2D eigenvalue weighted by Gasteiger charge is -2.04. The quantitative estimate of drug-likeness (QED) is 0.932. The third-order valence-electron chi connectivity index (χ3n) is 2.33. The summed E-state index contributed by atoms with van der Waals surface area (Å²) in [5, 5.41) is 3.25. The van der Waals surface area contributed by atoms with Crippen LogP contribution >= 0.6 is 15.9 Å². The average molecular weight is 281 g/mol. The molecule has 0 fully saturated rings. The molecule has 2 aromatic rings. The van der Waals surface area contributed by atoms with Gasteiger partial charge < -0.3 is 9.73 Å². The summed E-state index contributed by atoms with van der Waals surface area (Å²) in [5.74, 6) is 2.77. The van der Waals surface area contributed by atoms with Gasteiger partial charge >= 0.3 is 0 Å². The highest BCUT2D eigenvalue weighted by atomic mass is 79.9. The Bertz CT molecular complexity index is 476. The maximum atomic E-state index is 5.45. The van der Waals surface area contributed by atoms with Gasteiger partial charge in [-0.15, -0.1) is 0 Å². The molecule has 4 heteroatoms. The fourth-order valence-corrected chi connectivity index (χ4v) is 1.76. The number of halogens is 1. The normalized spacial score (nSPS) is 10.4. The van der Waals surface area contributed by atoms with Crippen LogP contribution in [0.5, 0.6) is 0 Å². The minimum atomic E-state index is 0.734. The average Bonchev–Trinajstić information content (AvgIpc) is 2.57. The summed E-state index contributed by atoms with van der Waals surface area (Å²) in [7, 11) is 0. The van der Waals surface area contributed by atoms with E-state index < -0.39 is 0 Å². The molecule has 0 aliphatic carbocycles. The van der Waals surface area contributed by atoms with Gasteiger partial charge in [0.05, 0.1) is 0 Å². The predicted octanol–water partition coefficient (Wildman–Crippen LogP) is 3.67. The van der Waals surface area contributed by atoms with Crippen molar-refractivity contribution in [1.82, 2.24) is 4.98 Å². The van der Waals surface area contributed by atoms with Crippen LogP contribution in [0.15, 0.2) is 33.3 Å². The van der Waals surface area contributed by atoms with Gasteiger partial charge in [0.2, 0.25) is 0 Å². The number of furan rings is 1. The summed E-state index contributed by atoms with van der Waals surface area (Å²) < 4.78 is 6.43. The molecule has 0 aliphatic rings. The van der Waals surface area contributed by atoms with Gasteiger partial charge in [0, 0.05) is 22.8 Å². The Labute approximate surface area is 103 Å². The molecule has 0 unspecified atom stereocenters. The van der Waals surface area contributed by atoms with E-state index in [-0.39, 0.29) is 0 Å². The molecule has 0 bridgehead atoms. The van der Waals surface area contributed by atoms with Crippen molar-refractivity contribution >= 4 is 21.7 Å². The number of nitrogens with zero attached hydrogens (tertiary/aromatic N) is 1. The number of aryl methyl sites for hydroxylation is 2. The zero-order chi connectivity index (χ0) is 11.5. The molecule has 3 nitrogen and oxygen atoms in total. The van der Waals surface area contributed by atoms with E-state index in [9.17, 15) is 0 Å². The van der Waals surface area contributed by atoms with E-state index >= 15 is 0 Å². The van der Waals surface area contributed by atoms with E-state index in [0.29, 0.717) is 0 Å². The lowest BCUT2D eigenvalue weighted by molar-refractivity contribution is 0.501. The molecule has 0 aromatic carbocycles. The van der Waals surface area contributed by atoms with Crippen molar-refractivity contribution in [2.45, 2.75) is 20.4 Å². The third kappa shape index (κ3) is 2.64. The van der Waals surface area contributed by atoms with E-state index in [0.717, 1.165) is 28.4 Å². The van der Waals surface area contributed by atoms with Gasteiger partial charge in [-0.3, -0.25) is 0 Å². The fourth-order valence-electron chi connectivity index (χ4n) is 1.53. The number of hydrogen-bond acceptors (Lipinski definition) is 3. The summed E-state index contributed by atoms with van der Waals surface area (Å²) in [6.45, 7) is 4.66. The number of rotatable bonds is 3. The minimum absolute atomic E-state index is 0.734. The predicted molar refractivity (Wildman–Crippen MR) is 67.4 cm³/mol. The number of nitrogens with one attached hydrogen (secondary N) is 1. The van der Waals surface area contributed by atoms with Crippen LogP contribution in [0.1, 0.15) is 17.1 Å². The lowest BCUT2D eigenvalue weighted by atomic mass is 10.2. The third-order valence-corrected chi connectivity index (χ3v) is 2.80. The molecule has 1 N–H and O–H groups in total. The van der Waals surface area contributed by atoms with Gasteiger partial charge in [0.15, 0.2) is 0 Å². The molecule has 0 radical (unpaired) electrons. The largest absolute Gasteiger partial charge is 0.466 e. The Hall–Kier alpha value is -1.29. The highest BCUT2D eigenvalue weighted by Gasteiger charge is 2.04. The maximum Gasteiger partial charge on any atom is 0.126 e. The van der Waals surface area contributed by atoms with Gasteiger partial charge in [0.25, 0.3) is 0 Å². The van der Waals surface area contributed by atoms with Crippen molar-refractivity contribution in [2.24, 2.45) is 0 Å². The zero-order valence-electron chi connectivity index (χ0n) is 9.25. The molecule has 0 amide bonds. The van der Waals surface area contributed by atoms with Crippen molar-refractivity contribution in [2.75, 3.05) is 5.32 Å². The highest BCUT2D eigenvalue weighted by molar-refractivity contribution is 9.10. The van der Waals surface area contributed by atoms with Crippen LogP contribution in [-0.2, 0) is 6.54 Å². The smallest absolute Gasteiger partial charge is 0.126 e. The van der Waals surface area contributed by atoms with Gasteiger partial charge in [-0.2, -0.15) is 0 Å². The second kappa shape index (κ2) is 4.70. The first-order chi connectivity index (χ1) is 7.65. The Morgan fingerprint density at radius 1 is 1.38 bits per heavy atom. The van der Waals surface area contributed by atoms with Crippen LogP contribution in [0.25, 0.3) is 0 Å². The van der Waals surface area contributed by atoms with E-state index in [1.165, 1.54) is 5.56 Å². The van der Waals surface area contributed by atoms with Crippen molar-refractivity contribution < 1.29 is 4.42 Å². The second-order valence-electron chi connectivity index (χ2n) is 3.65. The SMILES string of the molecule is Cc1cc(CNc2ccc(Br)cn2)c(C)o1. The van der Waals surface area contributed by atoms with Gasteiger partial charge in [-0.1, -0.05) is 0 Å². The summed E-state index contributed by atoms with van der Waals surface area (Å²) >= 11 is 3.35. The maximum absolute atomic E-state index is 5.45. The Kier molecular flexibility index (Phi) is 3.29. The summed E-state index contributed by atoms with van der Waals surface area (Å²) in [6.07, 6.45) is 1.77. The van der Waals surface area contributed by atoms with E-state index in [1.807, 2.05) is 32.0 Å². The standard InChI is InChI=1S/C12H13BrN2O/c1-8-5-10(9(2)16-8)6-14-12-4-3-11(13)7-15-12/h3-5,7H,6H2,1-2H3,(H,14,15). The lowest BCUT2D eigenvalue weighted by Crippen LogP contribution is -2.00. The van der Waals surface area contributed by atoms with Crippen molar-refractivity contribution in [3.05, 3.63) is 46.0 Å². The van der Waals surface area contributed by atoms with Crippen LogP contribution in [-0.4, -0.2) is 4.98 Å². The molecule has 2 rings (SSSR count). The minimum Gasteiger partial charge on any atom is -0.466 e. The fraction of sp³-hybridized carbons (Fsp3) is 0.250. The summed E-state index contributed by atoms with van der Waals surface area (Å²) in [6, 6.07) is 5.94. The molecular formula is C12H13BrN2O. The van der Waals surface area contributed by atoms with Crippen LogP contribution in [0, 0.1) is 13.8 Å². The van der Waals surface area contributed by atoms with Crippen LogP contribution in [0.3, 0.4) is 0 Å². The molecule has 0 saturated carbocycles. The molecule has 2 heterocycles. The number of aromatic nitrogens is 1. The molecule has 84 valence electrons. The number of pyridine rings is 1. The van der Waals surface area contributed by atoms with Crippen LogP contribution in [0.2, 0.25) is 0 Å². The number of anilines is 1. The molecule has 0 spiro atoms. The zero-order valence-corrected chi connectivity index (χ0v) is 10.8.